The summed E-state index contributed by atoms with van der Waals surface area (Å²) in [5.41, 5.74) is 2.30. The van der Waals surface area contributed by atoms with Crippen LogP contribution >= 0.6 is 0 Å². The van der Waals surface area contributed by atoms with Crippen LogP contribution in [0.5, 0.6) is 0 Å². The van der Waals surface area contributed by atoms with E-state index in [9.17, 15) is 4.79 Å². The molecule has 0 fully saturated rings. The van der Waals surface area contributed by atoms with Gasteiger partial charge in [0.2, 0.25) is 0 Å². The summed E-state index contributed by atoms with van der Waals surface area (Å²) in [4.78, 5) is 12.4. The van der Waals surface area contributed by atoms with Gasteiger partial charge in [-0.3, -0.25) is 4.79 Å². The Labute approximate surface area is 157 Å². The van der Waals surface area contributed by atoms with Crippen molar-refractivity contribution in [3.05, 3.63) is 108 Å². The van der Waals surface area contributed by atoms with Gasteiger partial charge in [0.1, 0.15) is 5.78 Å². The van der Waals surface area contributed by atoms with E-state index in [-0.39, 0.29) is 17.6 Å². The summed E-state index contributed by atoms with van der Waals surface area (Å²) >= 11 is 0. The van der Waals surface area contributed by atoms with E-state index in [1.165, 1.54) is 0 Å². The third kappa shape index (κ3) is 6.90. The number of ketones is 1. The number of carbonyl (C=O) groups excluding carboxylic acids is 1. The number of carbonyl (C=O) groups is 1. The van der Waals surface area contributed by atoms with Crippen LogP contribution < -0.4 is 0 Å². The maximum atomic E-state index is 12.4. The van der Waals surface area contributed by atoms with Crippen molar-refractivity contribution in [2.45, 2.75) is 13.8 Å². The quantitative estimate of drug-likeness (QED) is 0.510. The molecule has 0 radical (unpaired) electrons. The van der Waals surface area contributed by atoms with Gasteiger partial charge in [0.05, 0.1) is 0 Å². The Bertz CT molecular complexity index is 712. The van der Waals surface area contributed by atoms with Gasteiger partial charge in [0.15, 0.2) is 0 Å². The first-order valence-electron chi connectivity index (χ1n) is 9.00. The van der Waals surface area contributed by atoms with E-state index in [2.05, 4.69) is 24.3 Å². The average Bonchev–Trinajstić information content (AvgIpc) is 2.69. The minimum Gasteiger partial charge on any atom is -0.298 e. The number of Topliss-reactive ketones (excluding diaryl/α,β-unsaturated/α-hetero) is 1. The molecule has 0 N–H and O–H groups in total. The fourth-order valence-corrected chi connectivity index (χ4v) is 2.53. The highest BCUT2D eigenvalue weighted by Crippen LogP contribution is 2.11. The van der Waals surface area contributed by atoms with E-state index in [4.69, 9.17) is 0 Å². The van der Waals surface area contributed by atoms with Crippen LogP contribution in [-0.2, 0) is 4.79 Å². The fourth-order valence-electron chi connectivity index (χ4n) is 2.53. The molecule has 0 heterocycles. The van der Waals surface area contributed by atoms with Crippen molar-refractivity contribution in [2.75, 3.05) is 0 Å². The lowest BCUT2D eigenvalue weighted by molar-refractivity contribution is -0.123. The Morgan fingerprint density at radius 2 is 1.04 bits per heavy atom. The second kappa shape index (κ2) is 10.8. The van der Waals surface area contributed by atoms with Crippen LogP contribution in [0.4, 0.5) is 0 Å². The van der Waals surface area contributed by atoms with Crippen molar-refractivity contribution < 1.29 is 4.79 Å². The number of hydrogen-bond donors (Lipinski definition) is 0. The first-order chi connectivity index (χ1) is 12.7. The minimum atomic E-state index is -0.104. The molecule has 0 aliphatic carbocycles. The molecule has 0 saturated carbocycles. The molecule has 2 aromatic carbocycles. The van der Waals surface area contributed by atoms with Crippen LogP contribution in [0, 0.1) is 11.8 Å². The largest absolute Gasteiger partial charge is 0.298 e. The van der Waals surface area contributed by atoms with E-state index in [0.717, 1.165) is 11.1 Å². The summed E-state index contributed by atoms with van der Waals surface area (Å²) in [6, 6.07) is 20.2. The average molecular weight is 342 g/mol. The molecular formula is C25H26O. The molecular weight excluding hydrogens is 316 g/mol. The lowest BCUT2D eigenvalue weighted by Gasteiger charge is -2.09. The summed E-state index contributed by atoms with van der Waals surface area (Å²) in [6.07, 6.45) is 15.8. The summed E-state index contributed by atoms with van der Waals surface area (Å²) in [7, 11) is 0. The summed E-state index contributed by atoms with van der Waals surface area (Å²) in [5, 5.41) is 0. The van der Waals surface area contributed by atoms with Gasteiger partial charge in [-0.25, -0.2) is 0 Å². The van der Waals surface area contributed by atoms with Gasteiger partial charge in [0.25, 0.3) is 0 Å². The van der Waals surface area contributed by atoms with Gasteiger partial charge in [-0.2, -0.15) is 0 Å². The smallest absolute Gasteiger partial charge is 0.145 e. The highest BCUT2D eigenvalue weighted by atomic mass is 16.1. The number of benzene rings is 2. The molecule has 0 amide bonds. The molecule has 0 aromatic heterocycles. The van der Waals surface area contributed by atoms with Crippen molar-refractivity contribution in [3.63, 3.8) is 0 Å². The molecule has 1 nitrogen and oxygen atoms in total. The van der Waals surface area contributed by atoms with Crippen molar-refractivity contribution in [1.29, 1.82) is 0 Å². The zero-order chi connectivity index (χ0) is 18.6. The molecule has 0 spiro atoms. The molecule has 132 valence electrons. The van der Waals surface area contributed by atoms with Crippen LogP contribution in [-0.4, -0.2) is 5.78 Å². The summed E-state index contributed by atoms with van der Waals surface area (Å²) in [6.45, 7) is 3.89. The molecule has 2 unspecified atom stereocenters. The van der Waals surface area contributed by atoms with Gasteiger partial charge in [-0.15, -0.1) is 0 Å². The SMILES string of the molecule is CC(C=CC=Cc1ccccc1)C(=O)C(C)C=CC=Cc1ccccc1. The maximum absolute atomic E-state index is 12.4. The second-order valence-electron chi connectivity index (χ2n) is 6.29. The maximum Gasteiger partial charge on any atom is 0.145 e. The highest BCUT2D eigenvalue weighted by Gasteiger charge is 2.14. The molecule has 0 aliphatic rings. The van der Waals surface area contributed by atoms with Crippen molar-refractivity contribution in [2.24, 2.45) is 11.8 Å². The molecule has 0 aliphatic heterocycles. The molecule has 2 rings (SSSR count). The van der Waals surface area contributed by atoms with Gasteiger partial charge >= 0.3 is 0 Å². The Balaban J connectivity index is 1.82. The minimum absolute atomic E-state index is 0.104. The van der Waals surface area contributed by atoms with Crippen molar-refractivity contribution in [3.8, 4) is 0 Å². The molecule has 2 aromatic rings. The normalized spacial score (nSPS) is 14.5. The van der Waals surface area contributed by atoms with Gasteiger partial charge in [-0.1, -0.05) is 123 Å². The predicted octanol–water partition coefficient (Wildman–Crippen LogP) is 6.37. The number of hydrogen-bond acceptors (Lipinski definition) is 1. The Morgan fingerprint density at radius 1 is 0.654 bits per heavy atom. The predicted molar refractivity (Wildman–Crippen MR) is 113 cm³/mol. The van der Waals surface area contributed by atoms with E-state index in [1.807, 2.05) is 98.9 Å². The second-order valence-corrected chi connectivity index (χ2v) is 6.29. The Morgan fingerprint density at radius 3 is 1.42 bits per heavy atom. The van der Waals surface area contributed by atoms with Crippen LogP contribution in [0.15, 0.2) is 97.1 Å². The summed E-state index contributed by atoms with van der Waals surface area (Å²) < 4.78 is 0. The molecule has 2 atom stereocenters. The van der Waals surface area contributed by atoms with Crippen molar-refractivity contribution in [1.82, 2.24) is 0 Å². The fraction of sp³-hybridized carbons (Fsp3) is 0.160. The highest BCUT2D eigenvalue weighted by molar-refractivity contribution is 5.85. The topological polar surface area (TPSA) is 17.1 Å². The first kappa shape index (κ1) is 19.4. The zero-order valence-electron chi connectivity index (χ0n) is 15.5. The van der Waals surface area contributed by atoms with E-state index >= 15 is 0 Å². The first-order valence-corrected chi connectivity index (χ1v) is 9.00. The van der Waals surface area contributed by atoms with Crippen LogP contribution in [0.1, 0.15) is 25.0 Å². The zero-order valence-corrected chi connectivity index (χ0v) is 15.5. The number of allylic oxidation sites excluding steroid dienone is 6. The molecule has 26 heavy (non-hydrogen) atoms. The van der Waals surface area contributed by atoms with Gasteiger partial charge < -0.3 is 0 Å². The Hall–Kier alpha value is -2.93. The van der Waals surface area contributed by atoms with Crippen LogP contribution in [0.3, 0.4) is 0 Å². The van der Waals surface area contributed by atoms with Crippen molar-refractivity contribution >= 4 is 17.9 Å². The van der Waals surface area contributed by atoms with Crippen LogP contribution in [0.25, 0.3) is 12.2 Å². The number of rotatable bonds is 8. The molecule has 1 heteroatoms. The molecule has 0 bridgehead atoms. The lowest BCUT2D eigenvalue weighted by Crippen LogP contribution is -2.15. The van der Waals surface area contributed by atoms with Gasteiger partial charge in [-0.05, 0) is 11.1 Å². The van der Waals surface area contributed by atoms with Gasteiger partial charge in [0, 0.05) is 11.8 Å². The van der Waals surface area contributed by atoms with Crippen LogP contribution in [0.2, 0.25) is 0 Å². The summed E-state index contributed by atoms with van der Waals surface area (Å²) in [5.74, 6) is 0.0140. The lowest BCUT2D eigenvalue weighted by atomic mass is 9.94. The Kier molecular flexibility index (Phi) is 8.08. The molecule has 0 saturated heterocycles. The third-order valence-electron chi connectivity index (χ3n) is 4.10. The standard InChI is InChI=1S/C25H26O/c1-21(13-9-11-19-23-15-5-3-6-16-23)25(26)22(2)14-10-12-20-24-17-7-4-8-18-24/h3-22H,1-2H3. The van der Waals surface area contributed by atoms with E-state index < -0.39 is 0 Å². The monoisotopic (exact) mass is 342 g/mol. The van der Waals surface area contributed by atoms with E-state index in [0.29, 0.717) is 0 Å². The van der Waals surface area contributed by atoms with E-state index in [1.54, 1.807) is 0 Å². The third-order valence-corrected chi connectivity index (χ3v) is 4.10.